The van der Waals surface area contributed by atoms with E-state index in [1.165, 1.54) is 32.1 Å². The van der Waals surface area contributed by atoms with Crippen LogP contribution in [0.25, 0.3) is 0 Å². The summed E-state index contributed by atoms with van der Waals surface area (Å²) in [4.78, 5) is 0. The molecule has 0 amide bonds. The van der Waals surface area contributed by atoms with Gasteiger partial charge < -0.3 is 10.4 Å². The van der Waals surface area contributed by atoms with E-state index in [1.54, 1.807) is 0 Å². The highest BCUT2D eigenvalue weighted by Gasteiger charge is 2.43. The molecule has 0 heterocycles. The van der Waals surface area contributed by atoms with Crippen LogP contribution in [0.3, 0.4) is 0 Å². The van der Waals surface area contributed by atoms with E-state index in [2.05, 4.69) is 19.2 Å². The Hall–Kier alpha value is -0.0800. The first kappa shape index (κ1) is 10.4. The van der Waals surface area contributed by atoms with E-state index in [0.29, 0.717) is 30.0 Å². The summed E-state index contributed by atoms with van der Waals surface area (Å²) in [5.74, 6) is 0.514. The molecule has 2 fully saturated rings. The summed E-state index contributed by atoms with van der Waals surface area (Å²) in [7, 11) is 0. The van der Waals surface area contributed by atoms with Crippen molar-refractivity contribution in [3.63, 3.8) is 0 Å². The summed E-state index contributed by atoms with van der Waals surface area (Å²) >= 11 is 0. The molecule has 0 radical (unpaired) electrons. The third kappa shape index (κ3) is 1.96. The molecule has 2 aliphatic carbocycles. The van der Waals surface area contributed by atoms with Crippen molar-refractivity contribution in [2.75, 3.05) is 6.61 Å². The Morgan fingerprint density at radius 2 is 2.14 bits per heavy atom. The average Bonchev–Trinajstić information content (AvgIpc) is 2.78. The molecule has 0 aromatic carbocycles. The number of aliphatic hydroxyl groups excluding tert-OH is 1. The van der Waals surface area contributed by atoms with Crippen molar-refractivity contribution in [1.82, 2.24) is 5.32 Å². The first-order valence-electron chi connectivity index (χ1n) is 6.02. The maximum atomic E-state index is 9.23. The van der Waals surface area contributed by atoms with Crippen LogP contribution in [0, 0.1) is 11.3 Å². The highest BCUT2D eigenvalue weighted by molar-refractivity contribution is 4.98. The van der Waals surface area contributed by atoms with Gasteiger partial charge in [-0.05, 0) is 43.9 Å². The molecule has 0 aromatic rings. The summed E-state index contributed by atoms with van der Waals surface area (Å²) in [6, 6.07) is 1.20. The third-order valence-corrected chi connectivity index (χ3v) is 4.44. The van der Waals surface area contributed by atoms with Crippen molar-refractivity contribution in [1.29, 1.82) is 0 Å². The van der Waals surface area contributed by atoms with Gasteiger partial charge in [0.1, 0.15) is 0 Å². The fourth-order valence-corrected chi connectivity index (χ4v) is 2.63. The largest absolute Gasteiger partial charge is 0.396 e. The molecule has 3 atom stereocenters. The number of rotatable bonds is 4. The molecule has 0 bridgehead atoms. The topological polar surface area (TPSA) is 32.3 Å². The normalized spacial score (nSPS) is 37.1. The Bertz CT molecular complexity index is 200. The van der Waals surface area contributed by atoms with Gasteiger partial charge in [0.2, 0.25) is 0 Å². The highest BCUT2D eigenvalue weighted by Crippen LogP contribution is 2.48. The quantitative estimate of drug-likeness (QED) is 0.721. The van der Waals surface area contributed by atoms with Crippen molar-refractivity contribution < 1.29 is 5.11 Å². The van der Waals surface area contributed by atoms with E-state index >= 15 is 0 Å². The minimum atomic E-state index is 0.362. The zero-order chi connectivity index (χ0) is 10.2. The van der Waals surface area contributed by atoms with Crippen LogP contribution in [0.15, 0.2) is 0 Å². The van der Waals surface area contributed by atoms with Crippen LogP contribution in [-0.4, -0.2) is 23.8 Å². The van der Waals surface area contributed by atoms with E-state index in [-0.39, 0.29) is 0 Å². The predicted molar refractivity (Wildman–Crippen MR) is 58.2 cm³/mol. The Labute approximate surface area is 87.1 Å². The molecular formula is C12H23NO. The molecule has 14 heavy (non-hydrogen) atoms. The van der Waals surface area contributed by atoms with Crippen LogP contribution in [0.1, 0.15) is 46.0 Å². The van der Waals surface area contributed by atoms with Gasteiger partial charge in [-0.2, -0.15) is 0 Å². The minimum absolute atomic E-state index is 0.362. The second kappa shape index (κ2) is 3.82. The monoisotopic (exact) mass is 197 g/mol. The van der Waals surface area contributed by atoms with Crippen molar-refractivity contribution in [3.05, 3.63) is 0 Å². The molecule has 82 valence electrons. The van der Waals surface area contributed by atoms with Gasteiger partial charge >= 0.3 is 0 Å². The number of hydrogen-bond acceptors (Lipinski definition) is 2. The Kier molecular flexibility index (Phi) is 2.85. The van der Waals surface area contributed by atoms with Gasteiger partial charge in [-0.1, -0.05) is 13.3 Å². The van der Waals surface area contributed by atoms with Crippen LogP contribution in [0.5, 0.6) is 0 Å². The van der Waals surface area contributed by atoms with Crippen LogP contribution >= 0.6 is 0 Å². The van der Waals surface area contributed by atoms with Gasteiger partial charge in [0, 0.05) is 18.7 Å². The van der Waals surface area contributed by atoms with Crippen LogP contribution in [0.4, 0.5) is 0 Å². The summed E-state index contributed by atoms with van der Waals surface area (Å²) in [5.41, 5.74) is 0.558. The Morgan fingerprint density at radius 1 is 1.43 bits per heavy atom. The van der Waals surface area contributed by atoms with Crippen LogP contribution in [-0.2, 0) is 0 Å². The first-order valence-corrected chi connectivity index (χ1v) is 6.02. The number of hydrogen-bond donors (Lipinski definition) is 2. The molecule has 3 unspecified atom stereocenters. The molecule has 0 aromatic heterocycles. The fourth-order valence-electron chi connectivity index (χ4n) is 2.63. The zero-order valence-electron chi connectivity index (χ0n) is 9.42. The summed E-state index contributed by atoms with van der Waals surface area (Å²) in [6.07, 6.45) is 6.49. The van der Waals surface area contributed by atoms with Crippen molar-refractivity contribution in [2.45, 2.75) is 58.0 Å². The van der Waals surface area contributed by atoms with Crippen LogP contribution in [0.2, 0.25) is 0 Å². The molecule has 2 rings (SSSR count). The molecule has 2 heteroatoms. The third-order valence-electron chi connectivity index (χ3n) is 4.44. The van der Waals surface area contributed by atoms with Gasteiger partial charge in [0.15, 0.2) is 0 Å². The van der Waals surface area contributed by atoms with Gasteiger partial charge in [0.05, 0.1) is 0 Å². The smallest absolute Gasteiger partial charge is 0.0474 e. The standard InChI is InChI=1S/C12H23NO/c1-9(12(2)6-7-12)13-11-5-3-4-10(11)8-14/h9-11,13-14H,3-8H2,1-2H3. The minimum Gasteiger partial charge on any atom is -0.396 e. The second-order valence-electron chi connectivity index (χ2n) is 5.52. The van der Waals surface area contributed by atoms with Crippen molar-refractivity contribution in [3.8, 4) is 0 Å². The molecule has 0 aliphatic heterocycles. The molecule has 0 saturated heterocycles. The van der Waals surface area contributed by atoms with Gasteiger partial charge in [-0.3, -0.25) is 0 Å². The molecular weight excluding hydrogens is 174 g/mol. The summed E-state index contributed by atoms with van der Waals surface area (Å²) < 4.78 is 0. The van der Waals surface area contributed by atoms with Crippen LogP contribution < -0.4 is 5.32 Å². The zero-order valence-corrected chi connectivity index (χ0v) is 9.42. The van der Waals surface area contributed by atoms with E-state index in [4.69, 9.17) is 0 Å². The van der Waals surface area contributed by atoms with Gasteiger partial charge in [0.25, 0.3) is 0 Å². The average molecular weight is 197 g/mol. The SMILES string of the molecule is CC(NC1CCCC1CO)C1(C)CC1. The van der Waals surface area contributed by atoms with E-state index in [1.807, 2.05) is 0 Å². The molecule has 2 nitrogen and oxygen atoms in total. The molecule has 2 N–H and O–H groups in total. The second-order valence-corrected chi connectivity index (χ2v) is 5.52. The Morgan fingerprint density at radius 3 is 2.71 bits per heavy atom. The number of aliphatic hydroxyl groups is 1. The fraction of sp³-hybridized carbons (Fsp3) is 1.00. The lowest BCUT2D eigenvalue weighted by Gasteiger charge is -2.27. The molecule has 2 saturated carbocycles. The lowest BCUT2D eigenvalue weighted by molar-refractivity contribution is 0.192. The highest BCUT2D eigenvalue weighted by atomic mass is 16.3. The van der Waals surface area contributed by atoms with E-state index in [9.17, 15) is 5.11 Å². The molecule has 0 spiro atoms. The number of nitrogens with one attached hydrogen (secondary N) is 1. The van der Waals surface area contributed by atoms with E-state index in [0.717, 1.165) is 0 Å². The maximum Gasteiger partial charge on any atom is 0.0474 e. The maximum absolute atomic E-state index is 9.23. The Balaban J connectivity index is 1.84. The van der Waals surface area contributed by atoms with Crippen molar-refractivity contribution >= 4 is 0 Å². The lowest BCUT2D eigenvalue weighted by atomic mass is 9.97. The lowest BCUT2D eigenvalue weighted by Crippen LogP contribution is -2.43. The summed E-state index contributed by atoms with van der Waals surface area (Å²) in [5, 5.41) is 13.0. The van der Waals surface area contributed by atoms with Gasteiger partial charge in [-0.25, -0.2) is 0 Å². The van der Waals surface area contributed by atoms with Crippen molar-refractivity contribution in [2.24, 2.45) is 11.3 Å². The predicted octanol–water partition coefficient (Wildman–Crippen LogP) is 1.93. The van der Waals surface area contributed by atoms with E-state index < -0.39 is 0 Å². The van der Waals surface area contributed by atoms with Gasteiger partial charge in [-0.15, -0.1) is 0 Å². The first-order chi connectivity index (χ1) is 6.65. The molecule has 2 aliphatic rings. The summed E-state index contributed by atoms with van der Waals surface area (Å²) in [6.45, 7) is 5.04.